The smallest absolute Gasteiger partial charge is 0.0106 e. The molecule has 0 bridgehead atoms. The zero-order valence-electron chi connectivity index (χ0n) is 10.0. The minimum absolute atomic E-state index is 1.06. The highest BCUT2D eigenvalue weighted by Gasteiger charge is 1.92. The molecule has 16 heavy (non-hydrogen) atoms. The predicted octanol–water partition coefficient (Wildman–Crippen LogP) is 2.37. The van der Waals surface area contributed by atoms with E-state index in [1.54, 1.807) is 0 Å². The van der Waals surface area contributed by atoms with E-state index in [2.05, 4.69) is 47.9 Å². The van der Waals surface area contributed by atoms with Crippen LogP contribution in [0.4, 0.5) is 0 Å². The number of nitrogens with one attached hydrogen (secondary N) is 2. The SMILES string of the molecule is CCCNCCNCCSc1ccccc1. The summed E-state index contributed by atoms with van der Waals surface area (Å²) in [4.78, 5) is 1.36. The summed E-state index contributed by atoms with van der Waals surface area (Å²) < 4.78 is 0. The lowest BCUT2D eigenvalue weighted by Gasteiger charge is -2.05. The van der Waals surface area contributed by atoms with Crippen molar-refractivity contribution in [2.75, 3.05) is 31.9 Å². The standard InChI is InChI=1S/C13H22N2S/c1-2-8-14-9-10-15-11-12-16-13-6-4-3-5-7-13/h3-7,14-15H,2,8-12H2,1H3. The van der Waals surface area contributed by atoms with Crippen LogP contribution < -0.4 is 10.6 Å². The molecule has 2 nitrogen and oxygen atoms in total. The first-order valence-corrected chi connectivity index (χ1v) is 7.01. The van der Waals surface area contributed by atoms with E-state index < -0.39 is 0 Å². The van der Waals surface area contributed by atoms with Gasteiger partial charge in [0.2, 0.25) is 0 Å². The highest BCUT2D eigenvalue weighted by Crippen LogP contribution is 2.15. The predicted molar refractivity (Wildman–Crippen MR) is 73.2 cm³/mol. The molecular formula is C13H22N2S. The Bertz CT molecular complexity index is 251. The van der Waals surface area contributed by atoms with Crippen molar-refractivity contribution in [1.29, 1.82) is 0 Å². The van der Waals surface area contributed by atoms with Gasteiger partial charge in [-0.15, -0.1) is 11.8 Å². The summed E-state index contributed by atoms with van der Waals surface area (Å²) in [6, 6.07) is 10.6. The Morgan fingerprint density at radius 1 is 0.938 bits per heavy atom. The van der Waals surface area contributed by atoms with Crippen LogP contribution in [0.3, 0.4) is 0 Å². The van der Waals surface area contributed by atoms with Gasteiger partial charge in [-0.05, 0) is 25.1 Å². The lowest BCUT2D eigenvalue weighted by molar-refractivity contribution is 0.621. The molecule has 0 radical (unpaired) electrons. The van der Waals surface area contributed by atoms with Crippen LogP contribution in [0.15, 0.2) is 35.2 Å². The van der Waals surface area contributed by atoms with E-state index in [1.165, 1.54) is 11.3 Å². The van der Waals surface area contributed by atoms with Gasteiger partial charge >= 0.3 is 0 Å². The Kier molecular flexibility index (Phi) is 8.22. The third kappa shape index (κ3) is 6.88. The van der Waals surface area contributed by atoms with Gasteiger partial charge in [0.05, 0.1) is 0 Å². The topological polar surface area (TPSA) is 24.1 Å². The minimum atomic E-state index is 1.06. The van der Waals surface area contributed by atoms with Crippen LogP contribution in [-0.2, 0) is 0 Å². The molecule has 1 aromatic carbocycles. The molecule has 0 aromatic heterocycles. The Hall–Kier alpha value is -0.510. The van der Waals surface area contributed by atoms with Gasteiger partial charge in [0, 0.05) is 30.3 Å². The molecule has 0 atom stereocenters. The largest absolute Gasteiger partial charge is 0.315 e. The Balaban J connectivity index is 1.89. The van der Waals surface area contributed by atoms with Crippen molar-refractivity contribution in [3.05, 3.63) is 30.3 Å². The molecule has 0 aliphatic carbocycles. The van der Waals surface area contributed by atoms with Gasteiger partial charge in [0.15, 0.2) is 0 Å². The average Bonchev–Trinajstić information content (AvgIpc) is 2.34. The first-order valence-electron chi connectivity index (χ1n) is 6.02. The lowest BCUT2D eigenvalue weighted by atomic mass is 10.4. The molecule has 1 rings (SSSR count). The van der Waals surface area contributed by atoms with Crippen LogP contribution in [0.5, 0.6) is 0 Å². The maximum absolute atomic E-state index is 3.43. The minimum Gasteiger partial charge on any atom is -0.315 e. The second-order valence-corrected chi connectivity index (χ2v) is 4.83. The maximum Gasteiger partial charge on any atom is 0.0106 e. The Morgan fingerprint density at radius 2 is 1.62 bits per heavy atom. The number of hydrogen-bond acceptors (Lipinski definition) is 3. The summed E-state index contributed by atoms with van der Waals surface area (Å²) >= 11 is 1.91. The molecule has 1 aromatic rings. The van der Waals surface area contributed by atoms with Crippen molar-refractivity contribution in [1.82, 2.24) is 10.6 Å². The monoisotopic (exact) mass is 238 g/mol. The Labute approximate surface area is 103 Å². The zero-order chi connectivity index (χ0) is 11.5. The summed E-state index contributed by atoms with van der Waals surface area (Å²) in [5.74, 6) is 1.14. The van der Waals surface area contributed by atoms with E-state index in [1.807, 2.05) is 11.8 Å². The normalized spacial score (nSPS) is 10.6. The van der Waals surface area contributed by atoms with E-state index in [0.717, 1.165) is 31.9 Å². The molecule has 0 aliphatic rings. The van der Waals surface area contributed by atoms with Gasteiger partial charge in [-0.25, -0.2) is 0 Å². The van der Waals surface area contributed by atoms with Crippen molar-refractivity contribution >= 4 is 11.8 Å². The van der Waals surface area contributed by atoms with Crippen LogP contribution in [0.1, 0.15) is 13.3 Å². The lowest BCUT2D eigenvalue weighted by Crippen LogP contribution is -2.29. The molecule has 0 aliphatic heterocycles. The van der Waals surface area contributed by atoms with Crippen molar-refractivity contribution in [2.45, 2.75) is 18.2 Å². The number of benzene rings is 1. The zero-order valence-corrected chi connectivity index (χ0v) is 10.9. The molecule has 2 N–H and O–H groups in total. The molecule has 90 valence electrons. The number of thioether (sulfide) groups is 1. The summed E-state index contributed by atoms with van der Waals surface area (Å²) in [6.45, 7) is 6.53. The first kappa shape index (κ1) is 13.6. The third-order valence-electron chi connectivity index (χ3n) is 2.20. The quantitative estimate of drug-likeness (QED) is 0.510. The van der Waals surface area contributed by atoms with E-state index in [0.29, 0.717) is 0 Å². The fourth-order valence-corrected chi connectivity index (χ4v) is 2.19. The number of rotatable bonds is 9. The van der Waals surface area contributed by atoms with Gasteiger partial charge in [-0.1, -0.05) is 25.1 Å². The van der Waals surface area contributed by atoms with Crippen molar-refractivity contribution in [3.8, 4) is 0 Å². The molecule has 0 saturated carbocycles. The van der Waals surface area contributed by atoms with Gasteiger partial charge < -0.3 is 10.6 Å². The highest BCUT2D eigenvalue weighted by atomic mass is 32.2. The number of hydrogen-bond donors (Lipinski definition) is 2. The second-order valence-electron chi connectivity index (χ2n) is 3.66. The molecule has 3 heteroatoms. The molecule has 0 heterocycles. The second kappa shape index (κ2) is 9.70. The molecule has 0 spiro atoms. The van der Waals surface area contributed by atoms with Crippen LogP contribution in [0.2, 0.25) is 0 Å². The Morgan fingerprint density at radius 3 is 2.31 bits per heavy atom. The van der Waals surface area contributed by atoms with Gasteiger partial charge in [-0.2, -0.15) is 0 Å². The average molecular weight is 238 g/mol. The van der Waals surface area contributed by atoms with Gasteiger partial charge in [-0.3, -0.25) is 0 Å². The molecule has 0 saturated heterocycles. The van der Waals surface area contributed by atoms with Crippen LogP contribution in [-0.4, -0.2) is 31.9 Å². The van der Waals surface area contributed by atoms with Crippen molar-refractivity contribution in [2.24, 2.45) is 0 Å². The molecular weight excluding hydrogens is 216 g/mol. The first-order chi connectivity index (χ1) is 7.93. The summed E-state index contributed by atoms with van der Waals surface area (Å²) in [6.07, 6.45) is 1.21. The fourth-order valence-electron chi connectivity index (χ4n) is 1.36. The van der Waals surface area contributed by atoms with Gasteiger partial charge in [0.25, 0.3) is 0 Å². The van der Waals surface area contributed by atoms with Crippen molar-refractivity contribution < 1.29 is 0 Å². The molecule has 0 unspecified atom stereocenters. The van der Waals surface area contributed by atoms with Crippen LogP contribution >= 0.6 is 11.8 Å². The molecule has 0 amide bonds. The van der Waals surface area contributed by atoms with Gasteiger partial charge in [0.1, 0.15) is 0 Å². The van der Waals surface area contributed by atoms with E-state index in [4.69, 9.17) is 0 Å². The van der Waals surface area contributed by atoms with E-state index in [-0.39, 0.29) is 0 Å². The van der Waals surface area contributed by atoms with Crippen molar-refractivity contribution in [3.63, 3.8) is 0 Å². The van der Waals surface area contributed by atoms with E-state index in [9.17, 15) is 0 Å². The summed E-state index contributed by atoms with van der Waals surface area (Å²) in [5.41, 5.74) is 0. The maximum atomic E-state index is 3.43. The van der Waals surface area contributed by atoms with Crippen LogP contribution in [0.25, 0.3) is 0 Å². The summed E-state index contributed by atoms with van der Waals surface area (Å²) in [5, 5.41) is 6.81. The molecule has 0 fully saturated rings. The van der Waals surface area contributed by atoms with Crippen LogP contribution in [0, 0.1) is 0 Å². The highest BCUT2D eigenvalue weighted by molar-refractivity contribution is 7.99. The summed E-state index contributed by atoms with van der Waals surface area (Å²) in [7, 11) is 0. The van der Waals surface area contributed by atoms with E-state index >= 15 is 0 Å². The third-order valence-corrected chi connectivity index (χ3v) is 3.21. The fraction of sp³-hybridized carbons (Fsp3) is 0.538.